The molecule has 0 atom stereocenters. The Hall–Kier alpha value is -1.08. The van der Waals surface area contributed by atoms with Crippen molar-refractivity contribution in [2.45, 2.75) is 51.6 Å². The summed E-state index contributed by atoms with van der Waals surface area (Å²) in [5.74, 6) is 0. The summed E-state index contributed by atoms with van der Waals surface area (Å²) in [6.07, 6.45) is 4.13. The van der Waals surface area contributed by atoms with E-state index in [2.05, 4.69) is 57.8 Å². The summed E-state index contributed by atoms with van der Waals surface area (Å²) in [4.78, 5) is 0. The second-order valence-electron chi connectivity index (χ2n) is 6.08. The Labute approximate surface area is 105 Å². The van der Waals surface area contributed by atoms with Crippen molar-refractivity contribution in [1.82, 2.24) is 5.32 Å². The first-order valence-corrected chi connectivity index (χ1v) is 6.41. The number of allylic oxidation sites excluding steroid dienone is 1. The van der Waals surface area contributed by atoms with Crippen molar-refractivity contribution >= 4 is 0 Å². The number of benzene rings is 1. The number of hydrogen-bond donors (Lipinski definition) is 1. The summed E-state index contributed by atoms with van der Waals surface area (Å²) < 4.78 is 0. The van der Waals surface area contributed by atoms with Gasteiger partial charge in [0.2, 0.25) is 0 Å². The molecule has 0 amide bonds. The quantitative estimate of drug-likeness (QED) is 0.776. The Bertz CT molecular complexity index is 441. The summed E-state index contributed by atoms with van der Waals surface area (Å²) in [6.45, 7) is 12.8. The predicted molar refractivity (Wildman–Crippen MR) is 74.1 cm³/mol. The Morgan fingerprint density at radius 2 is 1.76 bits per heavy atom. The summed E-state index contributed by atoms with van der Waals surface area (Å²) in [6, 6.07) is 6.91. The smallest absolute Gasteiger partial charge is 0.0388 e. The van der Waals surface area contributed by atoms with Crippen LogP contribution in [-0.2, 0) is 17.5 Å². The largest absolute Gasteiger partial charge is 0.299 e. The van der Waals surface area contributed by atoms with Gasteiger partial charge in [-0.1, -0.05) is 24.3 Å². The van der Waals surface area contributed by atoms with Crippen molar-refractivity contribution in [3.63, 3.8) is 0 Å². The lowest BCUT2D eigenvalue weighted by atomic mass is 9.88. The van der Waals surface area contributed by atoms with Crippen molar-refractivity contribution in [1.29, 1.82) is 0 Å². The third kappa shape index (κ3) is 2.16. The number of fused-ring (bicyclic) bond motifs is 1. The van der Waals surface area contributed by atoms with Crippen LogP contribution in [0.5, 0.6) is 0 Å². The van der Waals surface area contributed by atoms with Gasteiger partial charge in [0.25, 0.3) is 0 Å². The van der Waals surface area contributed by atoms with Crippen LogP contribution in [0.3, 0.4) is 0 Å². The molecule has 0 spiro atoms. The van der Waals surface area contributed by atoms with Crippen LogP contribution in [0.1, 0.15) is 50.8 Å². The van der Waals surface area contributed by atoms with Gasteiger partial charge in [-0.05, 0) is 57.2 Å². The fourth-order valence-corrected chi connectivity index (χ4v) is 2.99. The molecule has 0 unspecified atom stereocenters. The lowest BCUT2D eigenvalue weighted by Gasteiger charge is -2.25. The van der Waals surface area contributed by atoms with Crippen LogP contribution in [0.25, 0.3) is 0 Å². The normalized spacial score (nSPS) is 20.0. The maximum atomic E-state index is 3.79. The third-order valence-electron chi connectivity index (χ3n) is 3.69. The highest BCUT2D eigenvalue weighted by atomic mass is 15.1. The Morgan fingerprint density at radius 3 is 2.41 bits per heavy atom. The van der Waals surface area contributed by atoms with Gasteiger partial charge in [0.15, 0.2) is 0 Å². The monoisotopic (exact) mass is 229 g/mol. The van der Waals surface area contributed by atoms with E-state index in [1.807, 2.05) is 6.08 Å². The first-order valence-electron chi connectivity index (χ1n) is 6.41. The minimum absolute atomic E-state index is 0.0724. The van der Waals surface area contributed by atoms with Crippen LogP contribution in [0.2, 0.25) is 0 Å². The van der Waals surface area contributed by atoms with Crippen LogP contribution in [0.15, 0.2) is 30.9 Å². The lowest BCUT2D eigenvalue weighted by molar-refractivity contribution is 0.319. The van der Waals surface area contributed by atoms with Gasteiger partial charge >= 0.3 is 0 Å². The van der Waals surface area contributed by atoms with Gasteiger partial charge in [0, 0.05) is 11.1 Å². The van der Waals surface area contributed by atoms with E-state index in [0.717, 1.165) is 12.8 Å². The number of aryl methyl sites for hydroxylation is 1. The highest BCUT2D eigenvalue weighted by Gasteiger charge is 2.40. The lowest BCUT2D eigenvalue weighted by Crippen LogP contribution is -2.39. The molecule has 1 N–H and O–H groups in total. The molecule has 0 saturated carbocycles. The van der Waals surface area contributed by atoms with Gasteiger partial charge in [0.1, 0.15) is 0 Å². The van der Waals surface area contributed by atoms with Crippen molar-refractivity contribution in [2.75, 3.05) is 0 Å². The molecule has 1 heteroatoms. The Morgan fingerprint density at radius 1 is 1.12 bits per heavy atom. The molecule has 0 aliphatic carbocycles. The SMILES string of the molecule is C=CCCc1ccc2c(c1)C(C)(C)NC2(C)C. The maximum Gasteiger partial charge on any atom is 0.0388 e. The first-order chi connectivity index (χ1) is 7.87. The van der Waals surface area contributed by atoms with Gasteiger partial charge in [0.05, 0.1) is 0 Å². The van der Waals surface area contributed by atoms with Crippen molar-refractivity contribution in [3.05, 3.63) is 47.5 Å². The van der Waals surface area contributed by atoms with Crippen LogP contribution in [-0.4, -0.2) is 0 Å². The van der Waals surface area contributed by atoms with E-state index in [-0.39, 0.29) is 11.1 Å². The minimum Gasteiger partial charge on any atom is -0.299 e. The fraction of sp³-hybridized carbons (Fsp3) is 0.500. The average Bonchev–Trinajstić information content (AvgIpc) is 2.42. The van der Waals surface area contributed by atoms with Crippen LogP contribution >= 0.6 is 0 Å². The van der Waals surface area contributed by atoms with E-state index in [1.165, 1.54) is 16.7 Å². The van der Waals surface area contributed by atoms with Gasteiger partial charge in [-0.25, -0.2) is 0 Å². The Balaban J connectivity index is 2.41. The second kappa shape index (κ2) is 3.99. The fourth-order valence-electron chi connectivity index (χ4n) is 2.99. The van der Waals surface area contributed by atoms with Crippen molar-refractivity contribution < 1.29 is 0 Å². The van der Waals surface area contributed by atoms with Crippen molar-refractivity contribution in [3.8, 4) is 0 Å². The summed E-state index contributed by atoms with van der Waals surface area (Å²) in [7, 11) is 0. The summed E-state index contributed by atoms with van der Waals surface area (Å²) >= 11 is 0. The summed E-state index contributed by atoms with van der Waals surface area (Å²) in [5, 5.41) is 3.70. The number of rotatable bonds is 3. The van der Waals surface area contributed by atoms with Gasteiger partial charge in [-0.15, -0.1) is 6.58 Å². The molecule has 1 aliphatic rings. The van der Waals surface area contributed by atoms with Gasteiger partial charge in [-0.3, -0.25) is 5.32 Å². The third-order valence-corrected chi connectivity index (χ3v) is 3.69. The molecule has 1 aromatic rings. The molecule has 2 rings (SSSR count). The zero-order chi connectivity index (χ0) is 12.7. The molecular weight excluding hydrogens is 206 g/mol. The van der Waals surface area contributed by atoms with E-state index in [9.17, 15) is 0 Å². The van der Waals surface area contributed by atoms with Crippen LogP contribution < -0.4 is 5.32 Å². The molecule has 0 fully saturated rings. The van der Waals surface area contributed by atoms with Crippen LogP contribution in [0.4, 0.5) is 0 Å². The van der Waals surface area contributed by atoms with Crippen molar-refractivity contribution in [2.24, 2.45) is 0 Å². The van der Waals surface area contributed by atoms with E-state index < -0.39 is 0 Å². The van der Waals surface area contributed by atoms with E-state index in [1.54, 1.807) is 0 Å². The zero-order valence-corrected chi connectivity index (χ0v) is 11.4. The number of nitrogens with one attached hydrogen (secondary N) is 1. The molecule has 0 aromatic heterocycles. The molecule has 1 nitrogen and oxygen atoms in total. The predicted octanol–water partition coefficient (Wildman–Crippen LogP) is 3.88. The summed E-state index contributed by atoms with van der Waals surface area (Å²) in [5.41, 5.74) is 4.45. The highest BCUT2D eigenvalue weighted by Crippen LogP contribution is 2.40. The molecule has 1 aliphatic heterocycles. The average molecular weight is 229 g/mol. The molecule has 0 saturated heterocycles. The standard InChI is InChI=1S/C16H23N/c1-6-7-8-12-9-10-13-14(11-12)16(4,5)17-15(13,2)3/h6,9-11,17H,1,7-8H2,2-5H3. The molecule has 17 heavy (non-hydrogen) atoms. The minimum atomic E-state index is 0.0724. The van der Waals surface area contributed by atoms with E-state index in [4.69, 9.17) is 0 Å². The molecule has 1 aromatic carbocycles. The van der Waals surface area contributed by atoms with E-state index >= 15 is 0 Å². The molecule has 1 heterocycles. The molecular formula is C16H23N. The molecule has 0 radical (unpaired) electrons. The van der Waals surface area contributed by atoms with Gasteiger partial charge in [-0.2, -0.15) is 0 Å². The van der Waals surface area contributed by atoms with E-state index in [0.29, 0.717) is 0 Å². The highest BCUT2D eigenvalue weighted by molar-refractivity contribution is 5.45. The molecule has 92 valence electrons. The first kappa shape index (κ1) is 12.4. The number of hydrogen-bond acceptors (Lipinski definition) is 1. The maximum absolute atomic E-state index is 3.79. The van der Waals surface area contributed by atoms with Crippen LogP contribution in [0, 0.1) is 0 Å². The molecule has 0 bridgehead atoms. The zero-order valence-electron chi connectivity index (χ0n) is 11.4. The van der Waals surface area contributed by atoms with Gasteiger partial charge < -0.3 is 0 Å². The Kier molecular flexibility index (Phi) is 2.90. The topological polar surface area (TPSA) is 12.0 Å². The second-order valence-corrected chi connectivity index (χ2v) is 6.08.